The van der Waals surface area contributed by atoms with Crippen LogP contribution in [0.25, 0.3) is 0 Å². The zero-order valence-corrected chi connectivity index (χ0v) is 46.4. The number of rotatable bonds is 41. The smallest absolute Gasteiger partial charge is 0.462 e. The molecule has 23 nitrogen and oxygen atoms in total. The molecule has 16 unspecified atom stereocenters. The second-order valence-electron chi connectivity index (χ2n) is 20.8. The van der Waals surface area contributed by atoms with Crippen molar-refractivity contribution >= 4 is 19.8 Å². The summed E-state index contributed by atoms with van der Waals surface area (Å²) in [6.45, 7) is 0.972. The molecule has 0 radical (unpaired) electrons. The van der Waals surface area contributed by atoms with Gasteiger partial charge < -0.3 is 89.5 Å². The van der Waals surface area contributed by atoms with Gasteiger partial charge in [0.2, 0.25) is 0 Å². The lowest BCUT2D eigenvalue weighted by Gasteiger charge is -2.49. The van der Waals surface area contributed by atoms with Gasteiger partial charge in [0.1, 0.15) is 92.1 Å². The van der Waals surface area contributed by atoms with Gasteiger partial charge in [-0.25, -0.2) is 4.57 Å². The molecule has 2 heterocycles. The lowest BCUT2D eigenvalue weighted by atomic mass is 9.84. The predicted octanol–water partition coefficient (Wildman–Crippen LogP) is 3.15. The van der Waals surface area contributed by atoms with Crippen LogP contribution in [-0.2, 0) is 51.6 Å². The third-order valence-corrected chi connectivity index (χ3v) is 15.3. The quantitative estimate of drug-likeness (QED) is 0.0181. The van der Waals surface area contributed by atoms with Crippen molar-refractivity contribution in [1.82, 2.24) is 0 Å². The molecule has 0 spiro atoms. The number of carbonyl (C=O) groups excluding carboxylic acids is 2. The van der Waals surface area contributed by atoms with Crippen LogP contribution >= 0.6 is 7.82 Å². The van der Waals surface area contributed by atoms with Gasteiger partial charge in [0.05, 0.1) is 19.8 Å². The van der Waals surface area contributed by atoms with Crippen molar-refractivity contribution in [2.75, 3.05) is 26.4 Å². The van der Waals surface area contributed by atoms with Gasteiger partial charge in [-0.05, 0) is 38.5 Å². The fraction of sp³-hybridized carbons (Fsp3) is 0.925. The molecule has 0 aromatic heterocycles. The molecule has 3 fully saturated rings. The topological polar surface area (TPSA) is 368 Å². The van der Waals surface area contributed by atoms with Crippen LogP contribution in [0.3, 0.4) is 0 Å². The maximum atomic E-state index is 14.0. The van der Waals surface area contributed by atoms with E-state index in [1.165, 1.54) is 83.5 Å². The standard InChI is InChI=1S/C53H97O23P/c1-3-5-7-9-11-13-15-17-18-20-22-24-26-28-30-39(57)71-35(33-69-38(56)29-27-25-23-21-19-16-14-12-10-8-6-4-2)34-70-77(67,68)76-51-49(74-52-47(65)42(60)40(58)36(31-54)72-52)45(63)44(62)46(64)50(51)75-53-48(66)43(61)41(59)37(32-55)73-53/h18,20,35-37,40-55,58-66H,3-17,19,21-34H2,1-2H3,(H,67,68). The molecular formula is C53H97O23P. The Kier molecular flexibility index (Phi) is 35.0. The minimum atomic E-state index is -5.63. The highest BCUT2D eigenvalue weighted by atomic mass is 31.2. The van der Waals surface area contributed by atoms with Gasteiger partial charge in [0, 0.05) is 12.8 Å². The summed E-state index contributed by atoms with van der Waals surface area (Å²) in [6, 6.07) is 0. The SMILES string of the molecule is CCCCCCCCCC=CCCCCCC(=O)OC(COC(=O)CCCCCCCCCCCCCC)COP(=O)(O)OC1C(OC2OC(CO)C(O)C(O)C2O)C(O)C(O)C(O)C1OC1OC(CO)C(O)C(O)C1O. The zero-order chi connectivity index (χ0) is 56.8. The molecule has 2 saturated heterocycles. The summed E-state index contributed by atoms with van der Waals surface area (Å²) in [4.78, 5) is 37.4. The molecule has 0 aromatic rings. The monoisotopic (exact) mass is 1130 g/mol. The van der Waals surface area contributed by atoms with Crippen LogP contribution in [0.5, 0.6) is 0 Å². The molecule has 2 aliphatic heterocycles. The van der Waals surface area contributed by atoms with Crippen molar-refractivity contribution < 1.29 is 113 Å². The molecule has 24 heteroatoms. The van der Waals surface area contributed by atoms with Gasteiger partial charge in [0.15, 0.2) is 18.7 Å². The highest BCUT2D eigenvalue weighted by molar-refractivity contribution is 7.47. The number of esters is 2. The Bertz CT molecular complexity index is 1590. The van der Waals surface area contributed by atoms with Crippen LogP contribution in [-0.4, -0.2) is 204 Å². The molecule has 77 heavy (non-hydrogen) atoms. The van der Waals surface area contributed by atoms with E-state index < -0.39 is 150 Å². The number of aliphatic hydroxyl groups is 11. The summed E-state index contributed by atoms with van der Waals surface area (Å²) >= 11 is 0. The van der Waals surface area contributed by atoms with E-state index >= 15 is 0 Å². The van der Waals surface area contributed by atoms with Gasteiger partial charge in [0.25, 0.3) is 0 Å². The second-order valence-corrected chi connectivity index (χ2v) is 22.2. The number of phosphoric acid groups is 1. The van der Waals surface area contributed by atoms with Crippen LogP contribution in [0.1, 0.15) is 181 Å². The molecule has 3 aliphatic rings. The normalized spacial score (nSPS) is 32.0. The van der Waals surface area contributed by atoms with Crippen LogP contribution in [0.15, 0.2) is 12.2 Å². The van der Waals surface area contributed by atoms with E-state index in [2.05, 4.69) is 26.0 Å². The van der Waals surface area contributed by atoms with Gasteiger partial charge >= 0.3 is 19.8 Å². The average molecular weight is 1130 g/mol. The largest absolute Gasteiger partial charge is 0.472 e. The van der Waals surface area contributed by atoms with Crippen molar-refractivity contribution in [3.05, 3.63) is 12.2 Å². The van der Waals surface area contributed by atoms with Crippen molar-refractivity contribution in [2.45, 2.75) is 285 Å². The summed E-state index contributed by atoms with van der Waals surface area (Å²) < 4.78 is 58.0. The molecule has 1 saturated carbocycles. The molecule has 0 amide bonds. The molecule has 3 rings (SSSR count). The van der Waals surface area contributed by atoms with Gasteiger partial charge in [-0.15, -0.1) is 0 Å². The lowest BCUT2D eigenvalue weighted by Crippen LogP contribution is -2.69. The van der Waals surface area contributed by atoms with E-state index in [1.807, 2.05) is 0 Å². The van der Waals surface area contributed by atoms with E-state index in [0.29, 0.717) is 19.3 Å². The number of aliphatic hydroxyl groups excluding tert-OH is 11. The Labute approximate surface area is 454 Å². The number of unbranched alkanes of at least 4 members (excludes halogenated alkanes) is 21. The van der Waals surface area contributed by atoms with Crippen molar-refractivity contribution in [3.8, 4) is 0 Å². The number of carbonyl (C=O) groups is 2. The van der Waals surface area contributed by atoms with Crippen LogP contribution in [0.2, 0.25) is 0 Å². The minimum Gasteiger partial charge on any atom is -0.462 e. The van der Waals surface area contributed by atoms with Crippen molar-refractivity contribution in [3.63, 3.8) is 0 Å². The van der Waals surface area contributed by atoms with Crippen LogP contribution < -0.4 is 0 Å². The Morgan fingerprint density at radius 1 is 0.481 bits per heavy atom. The number of allylic oxidation sites excluding steroid dienone is 2. The first-order chi connectivity index (χ1) is 36.9. The zero-order valence-electron chi connectivity index (χ0n) is 45.5. The lowest BCUT2D eigenvalue weighted by molar-refractivity contribution is -0.360. The fourth-order valence-electron chi connectivity index (χ4n) is 9.53. The molecule has 0 aromatic carbocycles. The van der Waals surface area contributed by atoms with E-state index in [0.717, 1.165) is 51.4 Å². The molecule has 0 bridgehead atoms. The summed E-state index contributed by atoms with van der Waals surface area (Å²) in [7, 11) is -5.63. The number of ether oxygens (including phenoxy) is 6. The predicted molar refractivity (Wildman–Crippen MR) is 277 cm³/mol. The third kappa shape index (κ3) is 25.1. The van der Waals surface area contributed by atoms with Crippen molar-refractivity contribution in [1.29, 1.82) is 0 Å². The fourth-order valence-corrected chi connectivity index (χ4v) is 10.5. The van der Waals surface area contributed by atoms with Crippen LogP contribution in [0.4, 0.5) is 0 Å². The number of hydrogen-bond acceptors (Lipinski definition) is 22. The Morgan fingerprint density at radius 2 is 0.857 bits per heavy atom. The Balaban J connectivity index is 1.73. The first-order valence-electron chi connectivity index (χ1n) is 28.5. The summed E-state index contributed by atoms with van der Waals surface area (Å²) in [6.07, 6.45) is -5.00. The molecular weight excluding hydrogens is 1040 g/mol. The maximum absolute atomic E-state index is 14.0. The minimum absolute atomic E-state index is 0.0492. The van der Waals surface area contributed by atoms with E-state index in [1.54, 1.807) is 0 Å². The number of hydrogen-bond donors (Lipinski definition) is 12. The molecule has 1 aliphatic carbocycles. The van der Waals surface area contributed by atoms with Gasteiger partial charge in [-0.3, -0.25) is 18.6 Å². The summed E-state index contributed by atoms with van der Waals surface area (Å²) in [5.74, 6) is -1.35. The molecule has 12 N–H and O–H groups in total. The van der Waals surface area contributed by atoms with E-state index in [-0.39, 0.29) is 12.8 Å². The molecule has 16 atom stereocenters. The Morgan fingerprint density at radius 3 is 1.29 bits per heavy atom. The van der Waals surface area contributed by atoms with Gasteiger partial charge in [-0.2, -0.15) is 0 Å². The molecule has 452 valence electrons. The third-order valence-electron chi connectivity index (χ3n) is 14.3. The van der Waals surface area contributed by atoms with E-state index in [4.69, 9.17) is 37.5 Å². The summed E-state index contributed by atoms with van der Waals surface area (Å²) in [5, 5.41) is 116. The van der Waals surface area contributed by atoms with E-state index in [9.17, 15) is 75.2 Å². The maximum Gasteiger partial charge on any atom is 0.472 e. The van der Waals surface area contributed by atoms with Gasteiger partial charge in [-0.1, -0.05) is 142 Å². The highest BCUT2D eigenvalue weighted by Gasteiger charge is 2.58. The highest BCUT2D eigenvalue weighted by Crippen LogP contribution is 2.49. The Hall–Kier alpha value is -1.81. The first-order valence-corrected chi connectivity index (χ1v) is 30.0. The second kappa shape index (κ2) is 38.8. The first kappa shape index (κ1) is 69.5. The average Bonchev–Trinajstić information content (AvgIpc) is 3.43. The summed E-state index contributed by atoms with van der Waals surface area (Å²) in [5.41, 5.74) is 0. The van der Waals surface area contributed by atoms with Crippen molar-refractivity contribution in [2.24, 2.45) is 0 Å². The number of phosphoric ester groups is 1. The van der Waals surface area contributed by atoms with Crippen LogP contribution in [0, 0.1) is 0 Å².